The molecule has 4 aromatic rings. The second-order valence-corrected chi connectivity index (χ2v) is 15.0. The van der Waals surface area contributed by atoms with E-state index in [1.54, 1.807) is 0 Å². The van der Waals surface area contributed by atoms with Crippen molar-refractivity contribution in [3.8, 4) is 0 Å². The fraction of sp³-hybridized carbons (Fsp3) is 0.442. The van der Waals surface area contributed by atoms with Crippen LogP contribution in [0.15, 0.2) is 72.8 Å². The van der Waals surface area contributed by atoms with E-state index in [1.807, 2.05) is 53.4 Å². The molecule has 0 unspecified atom stereocenters. The zero-order valence-electron chi connectivity index (χ0n) is 32.6. The van der Waals surface area contributed by atoms with Gasteiger partial charge in [-0.05, 0) is 54.3 Å². The lowest BCUT2D eigenvalue weighted by Crippen LogP contribution is -2.51. The summed E-state index contributed by atoms with van der Waals surface area (Å²) < 4.78 is 18.5. The summed E-state index contributed by atoms with van der Waals surface area (Å²) >= 11 is 11.9. The molecule has 304 valence electrons. The van der Waals surface area contributed by atoms with Gasteiger partial charge >= 0.3 is 11.9 Å². The number of amides is 2. The van der Waals surface area contributed by atoms with Crippen LogP contribution >= 0.6 is 23.2 Å². The van der Waals surface area contributed by atoms with E-state index < -0.39 is 23.9 Å². The first-order valence-electron chi connectivity index (χ1n) is 19.5. The van der Waals surface area contributed by atoms with Crippen molar-refractivity contribution in [3.05, 3.63) is 95.2 Å². The van der Waals surface area contributed by atoms with Gasteiger partial charge in [-0.2, -0.15) is 0 Å². The fourth-order valence-corrected chi connectivity index (χ4v) is 8.27. The summed E-state index contributed by atoms with van der Waals surface area (Å²) in [6.45, 7) is 3.81. The molecule has 14 heteroatoms. The van der Waals surface area contributed by atoms with Gasteiger partial charge in [0.25, 0.3) is 5.91 Å². The number of hydrogen-bond donors (Lipinski definition) is 1. The normalized spacial score (nSPS) is 15.1. The van der Waals surface area contributed by atoms with Crippen LogP contribution in [0, 0.1) is 0 Å². The number of aromatic nitrogens is 1. The monoisotopic (exact) mass is 819 g/mol. The van der Waals surface area contributed by atoms with Gasteiger partial charge in [0.15, 0.2) is 0 Å². The number of benzene rings is 3. The Kier molecular flexibility index (Phi) is 14.7. The Hall–Kier alpha value is -4.78. The quantitative estimate of drug-likeness (QED) is 0.0642. The van der Waals surface area contributed by atoms with Gasteiger partial charge in [0, 0.05) is 94.1 Å². The van der Waals surface area contributed by atoms with Crippen molar-refractivity contribution in [1.82, 2.24) is 14.8 Å². The topological polar surface area (TPSA) is 123 Å². The second-order valence-electron chi connectivity index (χ2n) is 14.2. The van der Waals surface area contributed by atoms with E-state index >= 15 is 0 Å². The number of nitrogens with one attached hydrogen (secondary N) is 1. The average molecular weight is 821 g/mol. The van der Waals surface area contributed by atoms with Gasteiger partial charge in [-0.25, -0.2) is 4.79 Å². The maximum absolute atomic E-state index is 13.6. The predicted molar refractivity (Wildman–Crippen MR) is 222 cm³/mol. The highest BCUT2D eigenvalue weighted by Crippen LogP contribution is 2.44. The second kappa shape index (κ2) is 20.1. The molecule has 0 saturated carbocycles. The van der Waals surface area contributed by atoms with Gasteiger partial charge in [-0.3, -0.25) is 14.4 Å². The Morgan fingerprint density at radius 2 is 1.63 bits per heavy atom. The zero-order chi connectivity index (χ0) is 40.3. The molecule has 3 aromatic carbocycles. The van der Waals surface area contributed by atoms with Crippen LogP contribution in [0.1, 0.15) is 59.0 Å². The number of carbonyl (C=O) groups is 4. The van der Waals surface area contributed by atoms with Crippen molar-refractivity contribution in [1.29, 1.82) is 0 Å². The molecule has 1 aromatic heterocycles. The molecule has 0 spiro atoms. The molecule has 57 heavy (non-hydrogen) atoms. The van der Waals surface area contributed by atoms with Gasteiger partial charge < -0.3 is 38.8 Å². The number of alkyl halides is 2. The molecule has 3 heterocycles. The first-order valence-corrected chi connectivity index (χ1v) is 20.6. The Labute approximate surface area is 343 Å². The third-order valence-electron chi connectivity index (χ3n) is 10.6. The number of para-hydroxylation sites is 2. The summed E-state index contributed by atoms with van der Waals surface area (Å²) in [5, 5.41) is 3.92. The van der Waals surface area contributed by atoms with E-state index in [2.05, 4.69) is 51.0 Å². The minimum Gasteiger partial charge on any atom is -0.467 e. The van der Waals surface area contributed by atoms with Crippen LogP contribution in [0.5, 0.6) is 0 Å². The van der Waals surface area contributed by atoms with Crippen LogP contribution in [0.4, 0.5) is 11.4 Å². The Bertz CT molecular complexity index is 2020. The number of nitrogens with zero attached hydrogens (tertiary/aromatic N) is 4. The Balaban J connectivity index is 0.921. The predicted octanol–water partition coefficient (Wildman–Crippen LogP) is 6.09. The lowest BCUT2D eigenvalue weighted by atomic mass is 9.96. The number of ether oxygens (including phenoxy) is 3. The third-order valence-corrected chi connectivity index (χ3v) is 10.9. The van der Waals surface area contributed by atoms with Crippen molar-refractivity contribution < 1.29 is 33.4 Å². The number of esters is 2. The number of anilines is 2. The lowest BCUT2D eigenvalue weighted by Gasteiger charge is -2.46. The van der Waals surface area contributed by atoms with Crippen LogP contribution < -0.4 is 15.1 Å². The molecule has 2 atom stereocenters. The van der Waals surface area contributed by atoms with E-state index in [-0.39, 0.29) is 37.9 Å². The van der Waals surface area contributed by atoms with Gasteiger partial charge in [-0.15, -0.1) is 23.2 Å². The highest BCUT2D eigenvalue weighted by atomic mass is 35.5. The summed E-state index contributed by atoms with van der Waals surface area (Å²) in [6.07, 6.45) is 1.87. The van der Waals surface area contributed by atoms with Crippen LogP contribution in [-0.4, -0.2) is 105 Å². The first kappa shape index (κ1) is 41.8. The maximum Gasteiger partial charge on any atom is 0.328 e. The fourth-order valence-electron chi connectivity index (χ4n) is 7.87. The van der Waals surface area contributed by atoms with Crippen molar-refractivity contribution in [2.75, 3.05) is 75.2 Å². The van der Waals surface area contributed by atoms with Crippen molar-refractivity contribution >= 4 is 69.2 Å². The van der Waals surface area contributed by atoms with Crippen molar-refractivity contribution in [3.63, 3.8) is 0 Å². The molecule has 0 aliphatic carbocycles. The summed E-state index contributed by atoms with van der Waals surface area (Å²) in [6, 6.07) is 23.0. The molecule has 0 radical (unpaired) electrons. The average Bonchev–Trinajstić information content (AvgIpc) is 3.55. The van der Waals surface area contributed by atoms with Crippen LogP contribution in [0.25, 0.3) is 10.9 Å². The number of hydrogen-bond acceptors (Lipinski definition) is 9. The van der Waals surface area contributed by atoms with Crippen LogP contribution in [0.3, 0.4) is 0 Å². The highest BCUT2D eigenvalue weighted by molar-refractivity contribution is 6.18. The number of aryl methyl sites for hydroxylation is 1. The first-order chi connectivity index (χ1) is 27.7. The highest BCUT2D eigenvalue weighted by Gasteiger charge is 2.42. The van der Waals surface area contributed by atoms with Crippen molar-refractivity contribution in [2.24, 2.45) is 0 Å². The van der Waals surface area contributed by atoms with E-state index in [4.69, 9.17) is 37.4 Å². The van der Waals surface area contributed by atoms with Gasteiger partial charge in [-0.1, -0.05) is 42.5 Å². The molecule has 0 saturated heterocycles. The number of methoxy groups -OCH3 is 1. The van der Waals surface area contributed by atoms with Crippen molar-refractivity contribution in [2.45, 2.75) is 57.3 Å². The number of fused-ring (bicyclic) bond motifs is 6. The molecule has 1 N–H and O–H groups in total. The van der Waals surface area contributed by atoms with Gasteiger partial charge in [0.2, 0.25) is 5.91 Å². The summed E-state index contributed by atoms with van der Waals surface area (Å²) in [4.78, 5) is 57.5. The molecular weight excluding hydrogens is 769 g/mol. The minimum absolute atomic E-state index is 0.0684. The standard InChI is InChI=1S/C43H51Cl2N5O7/c1-47-36-11-5-4-10-34(36)42(53)50-23-19-33-32-9-3-6-12-37(32)49(40(33)41(47)50)22-7-26-56-27-8-28-57-39(52)18-17-38(51)46-35(43(54)55-2)29-30-13-15-31(16-14-30)48(24-20-44)25-21-45/h3-6,9-16,35,41H,7-8,17-29H2,1-2H3,(H,46,51)/t35-,41-/m0/s1. The van der Waals surface area contributed by atoms with Gasteiger partial charge in [0.1, 0.15) is 12.2 Å². The van der Waals surface area contributed by atoms with Crippen LogP contribution in [0.2, 0.25) is 0 Å². The molecule has 2 aliphatic rings. The van der Waals surface area contributed by atoms with E-state index in [9.17, 15) is 19.2 Å². The van der Waals surface area contributed by atoms with Gasteiger partial charge in [0.05, 0.1) is 37.1 Å². The smallest absolute Gasteiger partial charge is 0.328 e. The largest absolute Gasteiger partial charge is 0.467 e. The number of halogens is 2. The molecule has 0 bridgehead atoms. The molecule has 2 aliphatic heterocycles. The van der Waals surface area contributed by atoms with E-state index in [0.717, 1.165) is 53.1 Å². The van der Waals surface area contributed by atoms with Crippen LogP contribution in [-0.2, 0) is 48.0 Å². The zero-order valence-corrected chi connectivity index (χ0v) is 34.1. The molecule has 0 fully saturated rings. The Morgan fingerprint density at radius 3 is 2.39 bits per heavy atom. The Morgan fingerprint density at radius 1 is 0.912 bits per heavy atom. The lowest BCUT2D eigenvalue weighted by molar-refractivity contribution is -0.146. The van der Waals surface area contributed by atoms with E-state index in [0.29, 0.717) is 51.0 Å². The SMILES string of the molecule is COC(=O)[C@H](Cc1ccc(N(CCCl)CCCl)cc1)NC(=O)CCC(=O)OCCCOCCCn1c2c(c3ccccc31)CCN1C(=O)c3ccccc3N(C)[C@H]21. The molecular formula is C43H51Cl2N5O7. The third kappa shape index (κ3) is 9.85. The molecule has 6 rings (SSSR count). The summed E-state index contributed by atoms with van der Waals surface area (Å²) in [7, 11) is 3.33. The van der Waals surface area contributed by atoms with E-state index in [1.165, 1.54) is 18.1 Å². The molecule has 2 amide bonds. The minimum atomic E-state index is -0.907. The summed E-state index contributed by atoms with van der Waals surface area (Å²) in [5.41, 5.74) is 7.08. The molecule has 12 nitrogen and oxygen atoms in total. The number of carbonyl (C=O) groups excluding carboxylic acids is 4. The number of rotatable bonds is 20. The summed E-state index contributed by atoms with van der Waals surface area (Å²) in [5.74, 6) is -0.525. The maximum atomic E-state index is 13.6.